The van der Waals surface area contributed by atoms with Crippen LogP contribution in [0.2, 0.25) is 0 Å². The van der Waals surface area contributed by atoms with E-state index in [1.165, 1.54) is 6.26 Å². The largest absolute Gasteiger partial charge is 0.308 e. The van der Waals surface area contributed by atoms with E-state index < -0.39 is 15.1 Å². The number of anilines is 1. The molecule has 17 heavy (non-hydrogen) atoms. The maximum Gasteiger partial charge on any atom is 0.157 e. The molecular formula is C10H18N4O2S. The summed E-state index contributed by atoms with van der Waals surface area (Å²) in [6, 6.07) is 0. The fraction of sp³-hybridized carbons (Fsp3) is 0.600. The van der Waals surface area contributed by atoms with Crippen molar-refractivity contribution in [3.63, 3.8) is 0 Å². The van der Waals surface area contributed by atoms with Crippen molar-refractivity contribution in [2.24, 2.45) is 5.84 Å². The van der Waals surface area contributed by atoms with Crippen molar-refractivity contribution in [1.29, 1.82) is 0 Å². The number of nitrogens with one attached hydrogen (secondary N) is 1. The molecule has 0 aliphatic heterocycles. The number of nitrogens with two attached hydrogens (primary N) is 1. The van der Waals surface area contributed by atoms with E-state index in [0.717, 1.165) is 11.3 Å². The van der Waals surface area contributed by atoms with Crippen molar-refractivity contribution < 1.29 is 8.42 Å². The number of nitrogens with zero attached hydrogens (tertiary/aromatic N) is 2. The van der Waals surface area contributed by atoms with Crippen LogP contribution >= 0.6 is 0 Å². The van der Waals surface area contributed by atoms with E-state index >= 15 is 0 Å². The second-order valence-corrected chi connectivity index (χ2v) is 6.34. The fourth-order valence-corrected chi connectivity index (χ4v) is 1.93. The summed E-state index contributed by atoms with van der Waals surface area (Å²) in [5.41, 5.74) is 4.12. The molecule has 6 nitrogen and oxygen atoms in total. The first-order valence-corrected chi connectivity index (χ1v) is 7.29. The average molecular weight is 258 g/mol. The number of rotatable bonds is 4. The number of aryl methyl sites for hydroxylation is 1. The third kappa shape index (κ3) is 2.92. The minimum absolute atomic E-state index is 0.280. The van der Waals surface area contributed by atoms with Gasteiger partial charge in [0, 0.05) is 17.5 Å². The van der Waals surface area contributed by atoms with Gasteiger partial charge in [-0.2, -0.15) is 0 Å². The molecule has 1 aromatic heterocycles. The van der Waals surface area contributed by atoms with E-state index in [1.54, 1.807) is 6.92 Å². The molecule has 7 heteroatoms. The van der Waals surface area contributed by atoms with Gasteiger partial charge in [-0.3, -0.25) is 0 Å². The highest BCUT2D eigenvalue weighted by molar-refractivity contribution is 7.90. The van der Waals surface area contributed by atoms with Gasteiger partial charge in [0.1, 0.15) is 16.9 Å². The Hall–Kier alpha value is -1.21. The molecule has 1 atom stereocenters. The number of hydrazine groups is 1. The molecule has 0 amide bonds. The zero-order chi connectivity index (χ0) is 13.2. The SMILES string of the molecule is CCc1nc(C(C)S(C)(=O)=O)nc(NN)c1C. The molecule has 0 aliphatic carbocycles. The lowest BCUT2D eigenvalue weighted by atomic mass is 10.2. The van der Waals surface area contributed by atoms with E-state index in [-0.39, 0.29) is 5.82 Å². The van der Waals surface area contributed by atoms with Crippen LogP contribution in [-0.4, -0.2) is 24.6 Å². The van der Waals surface area contributed by atoms with Gasteiger partial charge in [-0.15, -0.1) is 0 Å². The molecule has 0 spiro atoms. The monoisotopic (exact) mass is 258 g/mol. The number of hydrogen-bond acceptors (Lipinski definition) is 6. The normalized spacial score (nSPS) is 13.5. The van der Waals surface area contributed by atoms with Crippen LogP contribution in [0.15, 0.2) is 0 Å². The Kier molecular flexibility index (Phi) is 4.05. The average Bonchev–Trinajstić information content (AvgIpc) is 2.27. The number of nitrogen functional groups attached to an aromatic ring is 1. The van der Waals surface area contributed by atoms with Crippen molar-refractivity contribution >= 4 is 15.7 Å². The van der Waals surface area contributed by atoms with E-state index in [0.29, 0.717) is 12.2 Å². The summed E-state index contributed by atoms with van der Waals surface area (Å²) >= 11 is 0. The number of hydrogen-bond donors (Lipinski definition) is 2. The second-order valence-electron chi connectivity index (χ2n) is 3.97. The van der Waals surface area contributed by atoms with Crippen molar-refractivity contribution in [2.75, 3.05) is 11.7 Å². The van der Waals surface area contributed by atoms with Crippen molar-refractivity contribution in [1.82, 2.24) is 9.97 Å². The molecule has 0 aromatic carbocycles. The number of sulfone groups is 1. The molecule has 0 saturated heterocycles. The minimum atomic E-state index is -3.21. The summed E-state index contributed by atoms with van der Waals surface area (Å²) in [6.07, 6.45) is 1.87. The fourth-order valence-electron chi connectivity index (χ4n) is 1.44. The van der Waals surface area contributed by atoms with Gasteiger partial charge >= 0.3 is 0 Å². The van der Waals surface area contributed by atoms with Gasteiger partial charge in [0.05, 0.1) is 0 Å². The third-order valence-electron chi connectivity index (χ3n) is 2.74. The van der Waals surface area contributed by atoms with Crippen LogP contribution < -0.4 is 11.3 Å². The lowest BCUT2D eigenvalue weighted by Crippen LogP contribution is -2.18. The Labute approximate surface area is 102 Å². The Morgan fingerprint density at radius 1 is 1.41 bits per heavy atom. The maximum absolute atomic E-state index is 11.5. The molecule has 0 aliphatic rings. The van der Waals surface area contributed by atoms with E-state index in [2.05, 4.69) is 15.4 Å². The topological polar surface area (TPSA) is 98.0 Å². The standard InChI is InChI=1S/C10H18N4O2S/c1-5-8-6(2)9(14-11)13-10(12-8)7(3)17(4,15)16/h7H,5,11H2,1-4H3,(H,12,13,14). The van der Waals surface area contributed by atoms with Gasteiger partial charge in [0.15, 0.2) is 9.84 Å². The van der Waals surface area contributed by atoms with Crippen LogP contribution in [0.25, 0.3) is 0 Å². The predicted octanol–water partition coefficient (Wildman–Crippen LogP) is 0.739. The third-order valence-corrected chi connectivity index (χ3v) is 4.24. The highest BCUT2D eigenvalue weighted by Gasteiger charge is 2.22. The van der Waals surface area contributed by atoms with Crippen LogP contribution in [0, 0.1) is 6.92 Å². The molecule has 1 rings (SSSR count). The molecule has 0 bridgehead atoms. The van der Waals surface area contributed by atoms with Gasteiger partial charge in [-0.05, 0) is 20.3 Å². The highest BCUT2D eigenvalue weighted by atomic mass is 32.2. The van der Waals surface area contributed by atoms with Gasteiger partial charge in [0.25, 0.3) is 0 Å². The smallest absolute Gasteiger partial charge is 0.157 e. The molecule has 1 aromatic rings. The van der Waals surface area contributed by atoms with E-state index in [4.69, 9.17) is 5.84 Å². The Morgan fingerprint density at radius 2 is 2.00 bits per heavy atom. The van der Waals surface area contributed by atoms with Crippen LogP contribution in [-0.2, 0) is 16.3 Å². The van der Waals surface area contributed by atoms with Crippen molar-refractivity contribution in [3.05, 3.63) is 17.1 Å². The maximum atomic E-state index is 11.5. The highest BCUT2D eigenvalue weighted by Crippen LogP contribution is 2.22. The second kappa shape index (κ2) is 4.97. The van der Waals surface area contributed by atoms with Crippen molar-refractivity contribution in [2.45, 2.75) is 32.4 Å². The van der Waals surface area contributed by atoms with Gasteiger partial charge < -0.3 is 5.43 Å². The Bertz CT molecular complexity index is 488. The molecular weight excluding hydrogens is 240 g/mol. The van der Waals surface area contributed by atoms with Crippen LogP contribution in [0.1, 0.15) is 36.2 Å². The summed E-state index contributed by atoms with van der Waals surface area (Å²) in [5, 5.41) is -0.736. The predicted molar refractivity (Wildman–Crippen MR) is 67.2 cm³/mol. The zero-order valence-corrected chi connectivity index (χ0v) is 11.3. The summed E-state index contributed by atoms with van der Waals surface area (Å²) in [4.78, 5) is 8.42. The van der Waals surface area contributed by atoms with Gasteiger partial charge in [0.2, 0.25) is 0 Å². The molecule has 0 radical (unpaired) electrons. The molecule has 1 heterocycles. The molecule has 0 saturated carbocycles. The van der Waals surface area contributed by atoms with Crippen LogP contribution in [0.4, 0.5) is 5.82 Å². The molecule has 96 valence electrons. The van der Waals surface area contributed by atoms with Crippen LogP contribution in [0.5, 0.6) is 0 Å². The summed E-state index contributed by atoms with van der Waals surface area (Å²) < 4.78 is 23.0. The quantitative estimate of drug-likeness (QED) is 0.610. The first-order valence-electron chi connectivity index (χ1n) is 5.34. The Balaban J connectivity index is 3.36. The lowest BCUT2D eigenvalue weighted by Gasteiger charge is -2.14. The summed E-state index contributed by atoms with van der Waals surface area (Å²) in [5.74, 6) is 6.12. The lowest BCUT2D eigenvalue weighted by molar-refractivity contribution is 0.588. The number of aromatic nitrogens is 2. The molecule has 1 unspecified atom stereocenters. The van der Waals surface area contributed by atoms with Gasteiger partial charge in [-0.1, -0.05) is 6.92 Å². The molecule has 0 fully saturated rings. The van der Waals surface area contributed by atoms with Crippen molar-refractivity contribution in [3.8, 4) is 0 Å². The minimum Gasteiger partial charge on any atom is -0.308 e. The van der Waals surface area contributed by atoms with E-state index in [9.17, 15) is 8.42 Å². The Morgan fingerprint density at radius 3 is 2.41 bits per heavy atom. The summed E-state index contributed by atoms with van der Waals surface area (Å²) in [7, 11) is -3.21. The van der Waals surface area contributed by atoms with E-state index in [1.807, 2.05) is 13.8 Å². The zero-order valence-electron chi connectivity index (χ0n) is 10.5. The summed E-state index contributed by atoms with van der Waals surface area (Å²) in [6.45, 7) is 5.37. The first-order chi connectivity index (χ1) is 7.81. The first kappa shape index (κ1) is 13.9. The molecule has 3 N–H and O–H groups in total. The van der Waals surface area contributed by atoms with Crippen LogP contribution in [0.3, 0.4) is 0 Å². The van der Waals surface area contributed by atoms with Gasteiger partial charge in [-0.25, -0.2) is 24.2 Å².